The topological polar surface area (TPSA) is 35.9 Å². The Kier molecular flexibility index (Phi) is 1.62. The quantitative estimate of drug-likeness (QED) is 0.590. The van der Waals surface area contributed by atoms with Gasteiger partial charge in [0.25, 0.3) is 0 Å². The van der Waals surface area contributed by atoms with Crippen molar-refractivity contribution in [2.45, 2.75) is 6.42 Å². The van der Waals surface area contributed by atoms with Gasteiger partial charge in [-0.25, -0.2) is 0 Å². The van der Waals surface area contributed by atoms with E-state index < -0.39 is 0 Å². The monoisotopic (exact) mass is 127 g/mol. The van der Waals surface area contributed by atoms with E-state index in [9.17, 15) is 0 Å². The van der Waals surface area contributed by atoms with Crippen LogP contribution in [0.2, 0.25) is 0 Å². The van der Waals surface area contributed by atoms with Gasteiger partial charge in [-0.2, -0.15) is 0 Å². The second kappa shape index (κ2) is 2.27. The summed E-state index contributed by atoms with van der Waals surface area (Å²) in [5.74, 6) is 0. The molecule has 9 heavy (non-hydrogen) atoms. The molecule has 0 aliphatic heterocycles. The smallest absolute Gasteiger partial charge is 0.0535 e. The van der Waals surface area contributed by atoms with E-state index in [2.05, 4.69) is 10.9 Å². The van der Waals surface area contributed by atoms with Gasteiger partial charge in [-0.3, -0.25) is 9.36 Å². The molecular formula is C6H13N3. The molecule has 52 valence electrons. The normalized spacial score (nSPS) is 10.6. The first kappa shape index (κ1) is 6.42. The van der Waals surface area contributed by atoms with Crippen LogP contribution in [0, 0.1) is 0 Å². The highest BCUT2D eigenvalue weighted by molar-refractivity contribution is 4.99. The Labute approximate surface area is 55.0 Å². The summed E-state index contributed by atoms with van der Waals surface area (Å²) in [4.78, 5) is 0. The van der Waals surface area contributed by atoms with Crippen LogP contribution in [0.4, 0.5) is 0 Å². The number of aryl methyl sites for hydroxylation is 1. The van der Waals surface area contributed by atoms with E-state index in [1.54, 1.807) is 0 Å². The molecule has 0 radical (unpaired) electrons. The van der Waals surface area contributed by atoms with Gasteiger partial charge < -0.3 is 5.73 Å². The molecule has 0 spiro atoms. The lowest BCUT2D eigenvalue weighted by atomic mass is 10.3. The van der Waals surface area contributed by atoms with Gasteiger partial charge in [-0.05, 0) is 6.54 Å². The number of hydrogen-bond donors (Lipinski definition) is 1. The summed E-state index contributed by atoms with van der Waals surface area (Å²) in [6.45, 7) is 0.740. The lowest BCUT2D eigenvalue weighted by molar-refractivity contribution is 0.487. The second-order valence-electron chi connectivity index (χ2n) is 2.26. The summed E-state index contributed by atoms with van der Waals surface area (Å²) in [6, 6.07) is 0. The van der Waals surface area contributed by atoms with E-state index in [4.69, 9.17) is 5.73 Å². The highest BCUT2D eigenvalue weighted by atomic mass is 15.4. The van der Waals surface area contributed by atoms with Crippen LogP contribution in [0.15, 0.2) is 6.20 Å². The van der Waals surface area contributed by atoms with Crippen molar-refractivity contribution >= 4 is 0 Å². The molecule has 0 amide bonds. The van der Waals surface area contributed by atoms with Crippen LogP contribution >= 0.6 is 0 Å². The summed E-state index contributed by atoms with van der Waals surface area (Å²) in [6.07, 6.45) is 3.08. The zero-order valence-electron chi connectivity index (χ0n) is 5.96. The van der Waals surface area contributed by atoms with Crippen LogP contribution in [0.25, 0.3) is 0 Å². The van der Waals surface area contributed by atoms with Gasteiger partial charge in [-0.15, -0.1) is 0 Å². The number of nitrogens with zero attached hydrogens (tertiary/aromatic N) is 2. The molecule has 0 aromatic carbocycles. The molecule has 1 aromatic heterocycles. The molecule has 0 bridgehead atoms. The van der Waals surface area contributed by atoms with E-state index in [0.29, 0.717) is 0 Å². The minimum absolute atomic E-state index is 0.740. The van der Waals surface area contributed by atoms with Crippen molar-refractivity contribution in [3.63, 3.8) is 0 Å². The fourth-order valence-corrected chi connectivity index (χ4v) is 0.907. The maximum Gasteiger partial charge on any atom is 0.0535 e. The molecule has 2 N–H and O–H groups in total. The maximum atomic E-state index is 5.36. The summed E-state index contributed by atoms with van der Waals surface area (Å²) in [5, 5.41) is 0. The van der Waals surface area contributed by atoms with Crippen LogP contribution in [-0.2, 0) is 20.5 Å². The minimum Gasteiger partial charge on any atom is -0.330 e. The molecule has 3 heteroatoms. The van der Waals surface area contributed by atoms with Crippen LogP contribution in [0.3, 0.4) is 0 Å². The van der Waals surface area contributed by atoms with Crippen molar-refractivity contribution in [3.8, 4) is 0 Å². The van der Waals surface area contributed by atoms with Gasteiger partial charge in [0.15, 0.2) is 0 Å². The zero-order valence-corrected chi connectivity index (χ0v) is 5.96. The zero-order chi connectivity index (χ0) is 6.85. The molecule has 0 atom stereocenters. The third kappa shape index (κ3) is 1.00. The van der Waals surface area contributed by atoms with E-state index in [0.717, 1.165) is 13.0 Å². The van der Waals surface area contributed by atoms with E-state index in [-0.39, 0.29) is 0 Å². The van der Waals surface area contributed by atoms with Crippen molar-refractivity contribution in [1.82, 2.24) is 9.36 Å². The maximum absolute atomic E-state index is 5.36. The Balaban J connectivity index is 2.57. The molecule has 1 aromatic rings. The predicted octanol–water partition coefficient (Wildman–Crippen LogP) is -0.135. The van der Waals surface area contributed by atoms with E-state index in [1.165, 1.54) is 5.69 Å². The molecule has 0 aliphatic rings. The van der Waals surface area contributed by atoms with Gasteiger partial charge in [0, 0.05) is 26.7 Å². The highest BCUT2D eigenvalue weighted by Crippen LogP contribution is 2.00. The Hall–Kier alpha value is -0.700. The van der Waals surface area contributed by atoms with E-state index >= 15 is 0 Å². The first-order valence-corrected chi connectivity index (χ1v) is 3.13. The Bertz CT molecular complexity index is 185. The molecule has 1 heterocycles. The molecule has 0 unspecified atom stereocenters. The Morgan fingerprint density at radius 1 is 1.56 bits per heavy atom. The van der Waals surface area contributed by atoms with Gasteiger partial charge in [0.1, 0.15) is 0 Å². The largest absolute Gasteiger partial charge is 0.330 e. The number of hydrogen-bond acceptors (Lipinski definition) is 1. The summed E-state index contributed by atoms with van der Waals surface area (Å²) < 4.78 is 4.12. The lowest BCUT2D eigenvalue weighted by Gasteiger charge is -2.19. The molecule has 1 rings (SSSR count). The SMILES string of the molecule is Cn1cc(CCN)n1C. The van der Waals surface area contributed by atoms with Gasteiger partial charge in [0.2, 0.25) is 0 Å². The second-order valence-corrected chi connectivity index (χ2v) is 2.26. The third-order valence-electron chi connectivity index (χ3n) is 1.63. The van der Waals surface area contributed by atoms with E-state index in [1.807, 2.05) is 18.8 Å². The highest BCUT2D eigenvalue weighted by Gasteiger charge is 2.00. The first-order valence-electron chi connectivity index (χ1n) is 3.13. The van der Waals surface area contributed by atoms with Crippen molar-refractivity contribution < 1.29 is 0 Å². The van der Waals surface area contributed by atoms with Crippen molar-refractivity contribution in [2.75, 3.05) is 6.54 Å². The molecule has 0 saturated heterocycles. The molecule has 0 saturated carbocycles. The number of nitrogens with two attached hydrogens (primary N) is 1. The summed E-state index contributed by atoms with van der Waals surface area (Å²) in [5.41, 5.74) is 6.68. The van der Waals surface area contributed by atoms with Crippen molar-refractivity contribution in [2.24, 2.45) is 19.8 Å². The third-order valence-corrected chi connectivity index (χ3v) is 1.63. The fourth-order valence-electron chi connectivity index (χ4n) is 0.907. The van der Waals surface area contributed by atoms with Crippen molar-refractivity contribution in [1.29, 1.82) is 0 Å². The summed E-state index contributed by atoms with van der Waals surface area (Å²) >= 11 is 0. The predicted molar refractivity (Wildman–Crippen MR) is 37.1 cm³/mol. The Morgan fingerprint density at radius 3 is 2.56 bits per heavy atom. The first-order chi connectivity index (χ1) is 4.25. The van der Waals surface area contributed by atoms with Gasteiger partial charge in [0.05, 0.1) is 5.69 Å². The molecule has 0 aliphatic carbocycles. The fraction of sp³-hybridized carbons (Fsp3) is 0.667. The van der Waals surface area contributed by atoms with Crippen LogP contribution in [-0.4, -0.2) is 15.9 Å². The van der Waals surface area contributed by atoms with Crippen LogP contribution in [0.1, 0.15) is 5.69 Å². The molecule has 0 fully saturated rings. The molecule has 3 nitrogen and oxygen atoms in total. The number of rotatable bonds is 2. The molecular weight excluding hydrogens is 114 g/mol. The Morgan fingerprint density at radius 2 is 2.22 bits per heavy atom. The van der Waals surface area contributed by atoms with Crippen LogP contribution < -0.4 is 5.73 Å². The van der Waals surface area contributed by atoms with Crippen molar-refractivity contribution in [3.05, 3.63) is 11.9 Å². The van der Waals surface area contributed by atoms with Gasteiger partial charge >= 0.3 is 0 Å². The number of aromatic nitrogens is 2. The lowest BCUT2D eigenvalue weighted by Crippen LogP contribution is -2.22. The summed E-state index contributed by atoms with van der Waals surface area (Å²) in [7, 11) is 4.05. The standard InChI is InChI=1S/C6H13N3/c1-8-5-6(3-4-7)9(8)2/h5H,3-4,7H2,1-2H3. The average molecular weight is 127 g/mol. The minimum atomic E-state index is 0.740. The van der Waals surface area contributed by atoms with Crippen LogP contribution in [0.5, 0.6) is 0 Å². The van der Waals surface area contributed by atoms with Gasteiger partial charge in [-0.1, -0.05) is 0 Å². The average Bonchev–Trinajstić information content (AvgIpc) is 1.88.